The van der Waals surface area contributed by atoms with Crippen LogP contribution in [0.25, 0.3) is 11.5 Å². The molecule has 11 heteroatoms. The van der Waals surface area contributed by atoms with E-state index in [0.717, 1.165) is 24.2 Å². The number of hydrogen-bond donors (Lipinski definition) is 1. The van der Waals surface area contributed by atoms with Crippen molar-refractivity contribution < 1.29 is 26.7 Å². The highest BCUT2D eigenvalue weighted by Crippen LogP contribution is 2.37. The molecule has 2 unspecified atom stereocenters. The van der Waals surface area contributed by atoms with Gasteiger partial charge in [0, 0.05) is 24.8 Å². The number of sulfonamides is 1. The number of nitrogens with zero attached hydrogens (tertiary/aromatic N) is 2. The number of aliphatic hydroxyl groups is 1. The maximum Gasteiger partial charge on any atom is 0.253 e. The van der Waals surface area contributed by atoms with Gasteiger partial charge in [0.1, 0.15) is 10.5 Å². The Kier molecular flexibility index (Phi) is 6.97. The summed E-state index contributed by atoms with van der Waals surface area (Å²) >= 11 is 6.86. The normalized spacial score (nSPS) is 19.5. The lowest BCUT2D eigenvalue weighted by Gasteiger charge is -2.38. The quantitative estimate of drug-likeness (QED) is 0.487. The Morgan fingerprint density at radius 1 is 1.19 bits per heavy atom. The van der Waals surface area contributed by atoms with Gasteiger partial charge in [-0.05, 0) is 37.0 Å². The fraction of sp³-hybridized carbons (Fsp3) is 0.381. The average Bonchev–Trinajstić information content (AvgIpc) is 3.47. The SMILES string of the molecule is O=S(=O)(c1ccc(Cl)s1)N(Cc1ccc(-c2ncco2)c(F)c1F)C1CCCCC1CO. The maximum atomic E-state index is 15.0. The molecular weight excluding hydrogens is 482 g/mol. The summed E-state index contributed by atoms with van der Waals surface area (Å²) in [5, 5.41) is 9.87. The van der Waals surface area contributed by atoms with Crippen molar-refractivity contribution >= 4 is 33.0 Å². The van der Waals surface area contributed by atoms with E-state index >= 15 is 4.39 Å². The Balaban J connectivity index is 1.75. The Morgan fingerprint density at radius 3 is 2.62 bits per heavy atom. The average molecular weight is 503 g/mol. The lowest BCUT2D eigenvalue weighted by molar-refractivity contribution is 0.109. The molecule has 172 valence electrons. The first-order valence-electron chi connectivity index (χ1n) is 10.1. The van der Waals surface area contributed by atoms with Gasteiger partial charge in [0.25, 0.3) is 10.0 Å². The van der Waals surface area contributed by atoms with E-state index < -0.39 is 27.7 Å². The summed E-state index contributed by atoms with van der Waals surface area (Å²) in [6.45, 7) is -0.574. The summed E-state index contributed by atoms with van der Waals surface area (Å²) in [7, 11) is -4.07. The highest BCUT2D eigenvalue weighted by Gasteiger charge is 2.39. The zero-order valence-electron chi connectivity index (χ0n) is 16.9. The second-order valence-electron chi connectivity index (χ2n) is 7.64. The van der Waals surface area contributed by atoms with Crippen LogP contribution in [-0.4, -0.2) is 35.5 Å². The highest BCUT2D eigenvalue weighted by atomic mass is 35.5. The third kappa shape index (κ3) is 4.47. The number of benzene rings is 1. The maximum absolute atomic E-state index is 15.0. The zero-order chi connectivity index (χ0) is 22.9. The van der Waals surface area contributed by atoms with E-state index in [2.05, 4.69) is 4.98 Å². The third-order valence-corrected chi connectivity index (χ3v) is 9.31. The first kappa shape index (κ1) is 23.3. The van der Waals surface area contributed by atoms with E-state index in [9.17, 15) is 17.9 Å². The molecule has 2 atom stereocenters. The van der Waals surface area contributed by atoms with Crippen LogP contribution >= 0.6 is 22.9 Å². The molecule has 0 bridgehead atoms. The minimum Gasteiger partial charge on any atom is -0.444 e. The van der Waals surface area contributed by atoms with Crippen LogP contribution in [0.15, 0.2) is 45.4 Å². The van der Waals surface area contributed by atoms with E-state index in [1.807, 2.05) is 0 Å². The summed E-state index contributed by atoms with van der Waals surface area (Å²) in [5.41, 5.74) is -0.270. The Bertz CT molecular complexity index is 1180. The molecule has 0 amide bonds. The minimum absolute atomic E-state index is 0.0158. The van der Waals surface area contributed by atoms with Gasteiger partial charge in [-0.1, -0.05) is 30.5 Å². The first-order valence-corrected chi connectivity index (χ1v) is 12.7. The molecule has 6 nitrogen and oxygen atoms in total. The van der Waals surface area contributed by atoms with Crippen molar-refractivity contribution in [3.05, 3.63) is 58.3 Å². The van der Waals surface area contributed by atoms with E-state index in [-0.39, 0.29) is 40.3 Å². The second kappa shape index (κ2) is 9.56. The summed E-state index contributed by atoms with van der Waals surface area (Å²) in [6.07, 6.45) is 5.38. The number of halogens is 3. The van der Waals surface area contributed by atoms with E-state index in [1.54, 1.807) is 0 Å². The number of aromatic nitrogens is 1. The van der Waals surface area contributed by atoms with Crippen LogP contribution in [0.4, 0.5) is 8.78 Å². The van der Waals surface area contributed by atoms with Crippen molar-refractivity contribution in [3.8, 4) is 11.5 Å². The summed E-state index contributed by atoms with van der Waals surface area (Å²) in [6, 6.07) is 4.98. The van der Waals surface area contributed by atoms with Crippen molar-refractivity contribution in [3.63, 3.8) is 0 Å². The van der Waals surface area contributed by atoms with Crippen molar-refractivity contribution in [2.75, 3.05) is 6.61 Å². The van der Waals surface area contributed by atoms with Crippen LogP contribution in [0.5, 0.6) is 0 Å². The molecule has 32 heavy (non-hydrogen) atoms. The van der Waals surface area contributed by atoms with Gasteiger partial charge < -0.3 is 9.52 Å². The predicted molar refractivity (Wildman–Crippen MR) is 117 cm³/mol. The molecule has 1 aromatic carbocycles. The standard InChI is InChI=1S/C21H21ClF2N2O4S2/c22-17-7-8-18(31-17)32(28,29)26(16-4-2-1-3-14(16)12-27)11-13-5-6-15(20(24)19(13)23)21-25-9-10-30-21/h5-10,14,16,27H,1-4,11-12H2. The van der Waals surface area contributed by atoms with Crippen LogP contribution in [0.3, 0.4) is 0 Å². The van der Waals surface area contributed by atoms with Gasteiger partial charge in [-0.2, -0.15) is 4.31 Å². The number of oxazole rings is 1. The Labute approximate surface area is 193 Å². The van der Waals surface area contributed by atoms with Gasteiger partial charge >= 0.3 is 0 Å². The highest BCUT2D eigenvalue weighted by molar-refractivity contribution is 7.91. The molecule has 1 saturated carbocycles. The van der Waals surface area contributed by atoms with Crippen molar-refractivity contribution in [2.45, 2.75) is 42.5 Å². The van der Waals surface area contributed by atoms with Gasteiger partial charge in [0.2, 0.25) is 5.89 Å². The molecular formula is C21H21ClF2N2O4S2. The number of thiophene rings is 1. The van der Waals surface area contributed by atoms with Crippen molar-refractivity contribution in [2.24, 2.45) is 5.92 Å². The molecule has 1 aliphatic rings. The minimum atomic E-state index is -4.07. The fourth-order valence-corrected chi connectivity index (χ4v) is 7.42. The van der Waals surface area contributed by atoms with Crippen molar-refractivity contribution in [1.82, 2.24) is 9.29 Å². The van der Waals surface area contributed by atoms with Crippen LogP contribution in [0, 0.1) is 17.6 Å². The molecule has 2 heterocycles. The van der Waals surface area contributed by atoms with Gasteiger partial charge in [-0.3, -0.25) is 0 Å². The van der Waals surface area contributed by atoms with E-state index in [0.29, 0.717) is 17.2 Å². The Hall–Kier alpha value is -1.85. The molecule has 0 radical (unpaired) electrons. The number of rotatable bonds is 7. The van der Waals surface area contributed by atoms with Crippen LogP contribution in [-0.2, 0) is 16.6 Å². The summed E-state index contributed by atoms with van der Waals surface area (Å²) < 4.78 is 63.4. The molecule has 0 saturated heterocycles. The topological polar surface area (TPSA) is 83.6 Å². The van der Waals surface area contributed by atoms with Crippen LogP contribution in [0.2, 0.25) is 4.34 Å². The first-order chi connectivity index (χ1) is 15.3. The predicted octanol–water partition coefficient (Wildman–Crippen LogP) is 5.08. The summed E-state index contributed by atoms with van der Waals surface area (Å²) in [5.74, 6) is -2.70. The lowest BCUT2D eigenvalue weighted by atomic mass is 9.85. The molecule has 0 spiro atoms. The second-order valence-corrected chi connectivity index (χ2v) is 11.5. The summed E-state index contributed by atoms with van der Waals surface area (Å²) in [4.78, 5) is 3.84. The monoisotopic (exact) mass is 502 g/mol. The van der Waals surface area contributed by atoms with Crippen LogP contribution < -0.4 is 0 Å². The fourth-order valence-electron chi connectivity index (χ4n) is 4.11. The Morgan fingerprint density at radius 2 is 1.97 bits per heavy atom. The van der Waals surface area contributed by atoms with Gasteiger partial charge in [0.05, 0.1) is 16.1 Å². The van der Waals surface area contributed by atoms with Gasteiger partial charge in [-0.15, -0.1) is 11.3 Å². The molecule has 1 fully saturated rings. The smallest absolute Gasteiger partial charge is 0.253 e. The molecule has 0 aliphatic heterocycles. The van der Waals surface area contributed by atoms with Crippen LogP contribution in [0.1, 0.15) is 31.2 Å². The molecule has 1 N–H and O–H groups in total. The third-order valence-electron chi connectivity index (χ3n) is 5.74. The van der Waals surface area contributed by atoms with Crippen molar-refractivity contribution in [1.29, 1.82) is 0 Å². The molecule has 3 aromatic rings. The number of aliphatic hydroxyl groups excluding tert-OH is 1. The van der Waals surface area contributed by atoms with E-state index in [1.165, 1.54) is 41.0 Å². The number of hydrogen-bond acceptors (Lipinski definition) is 6. The molecule has 4 rings (SSSR count). The molecule has 1 aliphatic carbocycles. The van der Waals surface area contributed by atoms with Gasteiger partial charge in [0.15, 0.2) is 11.6 Å². The zero-order valence-corrected chi connectivity index (χ0v) is 19.3. The van der Waals surface area contributed by atoms with Gasteiger partial charge in [-0.25, -0.2) is 22.2 Å². The molecule has 2 aromatic heterocycles. The lowest BCUT2D eigenvalue weighted by Crippen LogP contribution is -2.46. The largest absolute Gasteiger partial charge is 0.444 e. The van der Waals surface area contributed by atoms with E-state index in [4.69, 9.17) is 16.0 Å².